The molecule has 202 valence electrons. The van der Waals surface area contributed by atoms with Crippen LogP contribution in [-0.4, -0.2) is 73.2 Å². The van der Waals surface area contributed by atoms with Gasteiger partial charge in [-0.3, -0.25) is 14.3 Å². The van der Waals surface area contributed by atoms with Crippen molar-refractivity contribution >= 4 is 11.8 Å². The fraction of sp³-hybridized carbons (Fsp3) is 0.280. The Bertz CT molecular complexity index is 1510. The summed E-state index contributed by atoms with van der Waals surface area (Å²) < 4.78 is 50.8. The molecule has 0 spiro atoms. The van der Waals surface area contributed by atoms with Gasteiger partial charge in [0.2, 0.25) is 17.6 Å². The van der Waals surface area contributed by atoms with E-state index in [2.05, 4.69) is 20.2 Å². The minimum absolute atomic E-state index is 0.00454. The zero-order valence-electron chi connectivity index (χ0n) is 20.8. The molecule has 4 aromatic rings. The number of pyridine rings is 1. The Balaban J connectivity index is 1.32. The molecule has 5 rings (SSSR count). The van der Waals surface area contributed by atoms with Gasteiger partial charge >= 0.3 is 6.18 Å². The van der Waals surface area contributed by atoms with Crippen molar-refractivity contribution < 1.29 is 32.0 Å². The van der Waals surface area contributed by atoms with Crippen LogP contribution in [0.15, 0.2) is 53.3 Å². The van der Waals surface area contributed by atoms with Crippen LogP contribution in [0.5, 0.6) is 5.88 Å². The minimum Gasteiger partial charge on any atom is -0.471 e. The third-order valence-corrected chi connectivity index (χ3v) is 6.25. The Morgan fingerprint density at radius 1 is 1.13 bits per heavy atom. The van der Waals surface area contributed by atoms with Gasteiger partial charge < -0.3 is 19.1 Å². The number of piperazine rings is 1. The molecule has 39 heavy (non-hydrogen) atoms. The SMILES string of the molecule is CN1CCN(C(=O)c2cccc(-c3noc(-c4cnn(C)c4COc4ccc(C(F)(F)F)cn4)n3)c2)CC1=O. The van der Waals surface area contributed by atoms with Crippen LogP contribution < -0.4 is 4.74 Å². The highest BCUT2D eigenvalue weighted by Crippen LogP contribution is 2.30. The average Bonchev–Trinajstić information content (AvgIpc) is 3.55. The van der Waals surface area contributed by atoms with Crippen molar-refractivity contribution in [1.82, 2.24) is 34.7 Å². The zero-order chi connectivity index (χ0) is 27.7. The summed E-state index contributed by atoms with van der Waals surface area (Å²) in [5.41, 5.74) is 1.03. The number of likely N-dealkylation sites (N-methyl/N-ethyl adjacent to an activating group) is 1. The predicted octanol–water partition coefficient (Wildman–Crippen LogP) is 3.04. The van der Waals surface area contributed by atoms with E-state index in [0.29, 0.717) is 41.7 Å². The fourth-order valence-corrected chi connectivity index (χ4v) is 3.94. The van der Waals surface area contributed by atoms with E-state index in [9.17, 15) is 22.8 Å². The molecule has 0 bridgehead atoms. The lowest BCUT2D eigenvalue weighted by Gasteiger charge is -2.32. The van der Waals surface area contributed by atoms with Gasteiger partial charge in [-0.2, -0.15) is 23.3 Å². The summed E-state index contributed by atoms with van der Waals surface area (Å²) in [6.45, 7) is 0.839. The number of hydrogen-bond acceptors (Lipinski definition) is 8. The number of carbonyl (C=O) groups is 2. The van der Waals surface area contributed by atoms with E-state index in [-0.39, 0.29) is 42.6 Å². The Hall–Kier alpha value is -4.75. The molecule has 4 heterocycles. The van der Waals surface area contributed by atoms with Gasteiger partial charge in [0.1, 0.15) is 13.2 Å². The van der Waals surface area contributed by atoms with Crippen LogP contribution in [0.3, 0.4) is 0 Å². The zero-order valence-corrected chi connectivity index (χ0v) is 20.8. The van der Waals surface area contributed by atoms with Crippen molar-refractivity contribution in [3.8, 4) is 28.7 Å². The second-order valence-electron chi connectivity index (χ2n) is 8.85. The molecule has 1 aromatic carbocycles. The molecule has 0 N–H and O–H groups in total. The molecule has 2 amide bonds. The Labute approximate surface area is 219 Å². The number of alkyl halides is 3. The molecule has 1 saturated heterocycles. The molecule has 1 aliphatic heterocycles. The molecule has 11 nitrogen and oxygen atoms in total. The molecule has 0 saturated carbocycles. The summed E-state index contributed by atoms with van der Waals surface area (Å²) in [4.78, 5) is 36.2. The number of aromatic nitrogens is 5. The lowest BCUT2D eigenvalue weighted by molar-refractivity contribution is -0.138. The second-order valence-corrected chi connectivity index (χ2v) is 8.85. The first kappa shape index (κ1) is 25.9. The first-order valence-electron chi connectivity index (χ1n) is 11.7. The Morgan fingerprint density at radius 3 is 2.67 bits per heavy atom. The number of rotatable bonds is 6. The molecular formula is C25H22F3N7O4. The monoisotopic (exact) mass is 541 g/mol. The summed E-state index contributed by atoms with van der Waals surface area (Å²) in [6.07, 6.45) is -2.29. The van der Waals surface area contributed by atoms with Crippen LogP contribution in [0.4, 0.5) is 13.2 Å². The van der Waals surface area contributed by atoms with Crippen LogP contribution in [0, 0.1) is 0 Å². The quantitative estimate of drug-likeness (QED) is 0.366. The maximum atomic E-state index is 13.0. The van der Waals surface area contributed by atoms with Crippen molar-refractivity contribution in [2.45, 2.75) is 12.8 Å². The van der Waals surface area contributed by atoms with Crippen molar-refractivity contribution in [3.05, 3.63) is 65.6 Å². The van der Waals surface area contributed by atoms with E-state index in [4.69, 9.17) is 9.26 Å². The van der Waals surface area contributed by atoms with Gasteiger partial charge in [-0.1, -0.05) is 17.3 Å². The van der Waals surface area contributed by atoms with Crippen LogP contribution in [-0.2, 0) is 24.6 Å². The third kappa shape index (κ3) is 5.44. The van der Waals surface area contributed by atoms with Gasteiger partial charge in [-0.25, -0.2) is 4.98 Å². The summed E-state index contributed by atoms with van der Waals surface area (Å²) in [7, 11) is 3.36. The molecule has 1 fully saturated rings. The number of carbonyl (C=O) groups excluding carboxylic acids is 2. The van der Waals surface area contributed by atoms with Crippen LogP contribution in [0.25, 0.3) is 22.8 Å². The minimum atomic E-state index is -4.49. The van der Waals surface area contributed by atoms with Gasteiger partial charge in [-0.05, 0) is 18.2 Å². The Morgan fingerprint density at radius 2 is 1.95 bits per heavy atom. The van der Waals surface area contributed by atoms with Crippen LogP contribution >= 0.6 is 0 Å². The molecule has 0 aliphatic carbocycles. The van der Waals surface area contributed by atoms with Crippen LogP contribution in [0.1, 0.15) is 21.6 Å². The van der Waals surface area contributed by atoms with Crippen molar-refractivity contribution in [2.24, 2.45) is 7.05 Å². The van der Waals surface area contributed by atoms with Gasteiger partial charge in [0.15, 0.2) is 0 Å². The summed E-state index contributed by atoms with van der Waals surface area (Å²) in [5, 5.41) is 8.22. The standard InChI is InChI=1S/C25H22F3N7O4/c1-33-8-9-35(13-21(33)36)24(37)16-5-3-4-15(10-16)22-31-23(39-32-22)18-12-30-34(2)19(18)14-38-20-7-6-17(11-29-20)25(26,27)28/h3-7,10-12H,8-9,13-14H2,1-2H3. The average molecular weight is 541 g/mol. The number of hydrogen-bond donors (Lipinski definition) is 0. The first-order chi connectivity index (χ1) is 18.6. The molecule has 0 atom stereocenters. The van der Waals surface area contributed by atoms with Gasteiger partial charge in [-0.15, -0.1) is 0 Å². The lowest BCUT2D eigenvalue weighted by atomic mass is 10.1. The molecule has 0 radical (unpaired) electrons. The van der Waals surface area contributed by atoms with Crippen molar-refractivity contribution in [3.63, 3.8) is 0 Å². The largest absolute Gasteiger partial charge is 0.471 e. The highest BCUT2D eigenvalue weighted by atomic mass is 19.4. The van der Waals surface area contributed by atoms with E-state index in [1.807, 2.05) is 0 Å². The summed E-state index contributed by atoms with van der Waals surface area (Å²) in [6, 6.07) is 8.72. The lowest BCUT2D eigenvalue weighted by Crippen LogP contribution is -2.50. The molecule has 0 unspecified atom stereocenters. The van der Waals surface area contributed by atoms with Crippen molar-refractivity contribution in [2.75, 3.05) is 26.7 Å². The van der Waals surface area contributed by atoms with Gasteiger partial charge in [0.25, 0.3) is 11.8 Å². The van der Waals surface area contributed by atoms with E-state index >= 15 is 0 Å². The first-order valence-corrected chi connectivity index (χ1v) is 11.7. The second kappa shape index (κ2) is 10.2. The smallest absolute Gasteiger partial charge is 0.417 e. The number of aryl methyl sites for hydroxylation is 1. The predicted molar refractivity (Wildman–Crippen MR) is 129 cm³/mol. The van der Waals surface area contributed by atoms with E-state index in [1.54, 1.807) is 43.3 Å². The third-order valence-electron chi connectivity index (χ3n) is 6.25. The van der Waals surface area contributed by atoms with E-state index in [0.717, 1.165) is 12.1 Å². The topological polar surface area (TPSA) is 119 Å². The molecule has 1 aliphatic rings. The van der Waals surface area contributed by atoms with Crippen molar-refractivity contribution in [1.29, 1.82) is 0 Å². The number of halogens is 3. The molecule has 14 heteroatoms. The number of ether oxygens (including phenoxy) is 1. The van der Waals surface area contributed by atoms with Gasteiger partial charge in [0.05, 0.1) is 23.0 Å². The highest BCUT2D eigenvalue weighted by molar-refractivity contribution is 5.97. The molecule has 3 aromatic heterocycles. The van der Waals surface area contributed by atoms with E-state index in [1.165, 1.54) is 15.8 Å². The summed E-state index contributed by atoms with van der Waals surface area (Å²) in [5.74, 6) is -0.0258. The number of nitrogens with zero attached hydrogens (tertiary/aromatic N) is 7. The highest BCUT2D eigenvalue weighted by Gasteiger charge is 2.31. The Kier molecular flexibility index (Phi) is 6.76. The van der Waals surface area contributed by atoms with Crippen LogP contribution in [0.2, 0.25) is 0 Å². The van der Waals surface area contributed by atoms with Gasteiger partial charge in [0, 0.05) is 50.6 Å². The van der Waals surface area contributed by atoms with E-state index < -0.39 is 11.7 Å². The summed E-state index contributed by atoms with van der Waals surface area (Å²) >= 11 is 0. The fourth-order valence-electron chi connectivity index (χ4n) is 3.94. The number of amides is 2. The normalized spacial score (nSPS) is 14.1. The molecular weight excluding hydrogens is 519 g/mol. The number of benzene rings is 1. The maximum absolute atomic E-state index is 13.0. The maximum Gasteiger partial charge on any atom is 0.417 e.